The summed E-state index contributed by atoms with van der Waals surface area (Å²) in [5.74, 6) is 0. The van der Waals surface area contributed by atoms with E-state index in [4.69, 9.17) is 5.73 Å². The van der Waals surface area contributed by atoms with Gasteiger partial charge in [0, 0.05) is 54.9 Å². The minimum atomic E-state index is -3.03. The molecule has 0 aliphatic heterocycles. The monoisotopic (exact) mass is 313 g/mol. The first-order valence-electron chi connectivity index (χ1n) is 6.46. The van der Waals surface area contributed by atoms with Gasteiger partial charge in [-0.3, -0.25) is 10.1 Å². The second-order valence-electron chi connectivity index (χ2n) is 4.83. The quantitative estimate of drug-likeness (QED) is 0.798. The number of alkyl halides is 2. The fourth-order valence-electron chi connectivity index (χ4n) is 2.13. The Labute approximate surface area is 124 Å². The topological polar surface area (TPSA) is 70.8 Å². The van der Waals surface area contributed by atoms with E-state index in [1.165, 1.54) is 18.5 Å². The Morgan fingerprint density at radius 2 is 2.24 bits per heavy atom. The lowest BCUT2D eigenvalue weighted by molar-refractivity contribution is 0.104. The van der Waals surface area contributed by atoms with Crippen LogP contribution >= 0.6 is 9.24 Å². The van der Waals surface area contributed by atoms with Gasteiger partial charge in [-0.1, -0.05) is 9.24 Å². The lowest BCUT2D eigenvalue weighted by atomic mass is 10.0. The van der Waals surface area contributed by atoms with E-state index in [1.807, 2.05) is 11.9 Å². The van der Waals surface area contributed by atoms with E-state index >= 15 is 0 Å². The minimum Gasteiger partial charge on any atom is -0.329 e. The molecule has 8 heteroatoms. The number of aromatic amines is 1. The summed E-state index contributed by atoms with van der Waals surface area (Å²) in [6.07, 6.45) is 4.47. The highest BCUT2D eigenvalue weighted by molar-refractivity contribution is 7.17. The standard InChI is InChI=1S/C13H18F2N5P/c1-20(5-3-16)8-9-6-18-19-12(9)10-7-17-4-2-11(10)13(14,15)21/h2,4,6-7H,3,5,8,16,21H2,1H3,(H,18,19). The Kier molecular flexibility index (Phi) is 4.98. The Morgan fingerprint density at radius 3 is 2.90 bits per heavy atom. The van der Waals surface area contributed by atoms with Crippen LogP contribution < -0.4 is 5.73 Å². The fourth-order valence-corrected chi connectivity index (χ4v) is 2.38. The summed E-state index contributed by atoms with van der Waals surface area (Å²) in [5.41, 5.74) is 4.01. The summed E-state index contributed by atoms with van der Waals surface area (Å²) in [6.45, 7) is 1.82. The zero-order valence-electron chi connectivity index (χ0n) is 11.7. The average molecular weight is 313 g/mol. The molecule has 0 amide bonds. The molecule has 2 aromatic heterocycles. The van der Waals surface area contributed by atoms with Gasteiger partial charge in [0.25, 0.3) is 5.66 Å². The summed E-state index contributed by atoms with van der Waals surface area (Å²) >= 11 is 0. The Balaban J connectivity index is 2.38. The molecule has 0 aliphatic rings. The van der Waals surface area contributed by atoms with Crippen LogP contribution in [0.3, 0.4) is 0 Å². The van der Waals surface area contributed by atoms with Crippen molar-refractivity contribution >= 4 is 9.24 Å². The van der Waals surface area contributed by atoms with Gasteiger partial charge < -0.3 is 10.6 Å². The first-order valence-corrected chi connectivity index (χ1v) is 7.04. The number of nitrogens with one attached hydrogen (secondary N) is 1. The number of rotatable bonds is 6. The van der Waals surface area contributed by atoms with Crippen molar-refractivity contribution < 1.29 is 8.78 Å². The van der Waals surface area contributed by atoms with E-state index in [0.717, 1.165) is 5.56 Å². The van der Waals surface area contributed by atoms with Gasteiger partial charge in [-0.25, -0.2) is 0 Å². The molecule has 5 nitrogen and oxygen atoms in total. The molecule has 0 radical (unpaired) electrons. The smallest absolute Gasteiger partial charge is 0.284 e. The van der Waals surface area contributed by atoms with Gasteiger partial charge in [-0.2, -0.15) is 13.9 Å². The molecule has 0 saturated heterocycles. The molecule has 3 N–H and O–H groups in total. The highest BCUT2D eigenvalue weighted by atomic mass is 31.0. The van der Waals surface area contributed by atoms with E-state index < -0.39 is 5.66 Å². The molecule has 0 fully saturated rings. The lowest BCUT2D eigenvalue weighted by Gasteiger charge is -2.17. The zero-order valence-corrected chi connectivity index (χ0v) is 12.8. The highest BCUT2D eigenvalue weighted by Crippen LogP contribution is 2.40. The van der Waals surface area contributed by atoms with Crippen LogP contribution in [0.2, 0.25) is 0 Å². The van der Waals surface area contributed by atoms with Crippen molar-refractivity contribution in [3.05, 3.63) is 35.8 Å². The van der Waals surface area contributed by atoms with Crippen LogP contribution in [0.25, 0.3) is 11.3 Å². The number of halogens is 2. The van der Waals surface area contributed by atoms with Crippen LogP contribution in [-0.2, 0) is 12.2 Å². The van der Waals surface area contributed by atoms with E-state index in [-0.39, 0.29) is 5.56 Å². The molecule has 114 valence electrons. The molecule has 0 saturated carbocycles. The number of hydrogen-bond donors (Lipinski definition) is 2. The van der Waals surface area contributed by atoms with Crippen molar-refractivity contribution in [1.82, 2.24) is 20.1 Å². The molecule has 0 spiro atoms. The molecule has 1 atom stereocenters. The van der Waals surface area contributed by atoms with Gasteiger partial charge >= 0.3 is 0 Å². The second-order valence-corrected chi connectivity index (χ2v) is 5.55. The average Bonchev–Trinajstić information content (AvgIpc) is 2.86. The number of pyridine rings is 1. The van der Waals surface area contributed by atoms with E-state index in [2.05, 4.69) is 15.2 Å². The van der Waals surface area contributed by atoms with Gasteiger partial charge in [0.05, 0.1) is 5.69 Å². The number of aromatic nitrogens is 3. The highest BCUT2D eigenvalue weighted by Gasteiger charge is 2.29. The van der Waals surface area contributed by atoms with Crippen molar-refractivity contribution in [3.8, 4) is 11.3 Å². The molecule has 0 aromatic carbocycles. The summed E-state index contributed by atoms with van der Waals surface area (Å²) in [4.78, 5) is 5.94. The van der Waals surface area contributed by atoms with Crippen molar-refractivity contribution in [2.45, 2.75) is 12.2 Å². The van der Waals surface area contributed by atoms with E-state index in [0.29, 0.717) is 30.9 Å². The van der Waals surface area contributed by atoms with Gasteiger partial charge in [0.2, 0.25) is 0 Å². The van der Waals surface area contributed by atoms with Crippen molar-refractivity contribution in [3.63, 3.8) is 0 Å². The summed E-state index contributed by atoms with van der Waals surface area (Å²) in [6, 6.07) is 1.31. The molecular formula is C13H18F2N5P. The molecule has 0 aliphatic carbocycles. The second kappa shape index (κ2) is 6.56. The van der Waals surface area contributed by atoms with Gasteiger partial charge in [0.1, 0.15) is 0 Å². The van der Waals surface area contributed by atoms with Crippen LogP contribution in [0.1, 0.15) is 11.1 Å². The largest absolute Gasteiger partial charge is 0.329 e. The number of likely N-dealkylation sites (N-methyl/N-ethyl adjacent to an activating group) is 1. The molecular weight excluding hydrogens is 295 g/mol. The normalized spacial score (nSPS) is 12.1. The van der Waals surface area contributed by atoms with Crippen LogP contribution in [0.5, 0.6) is 0 Å². The summed E-state index contributed by atoms with van der Waals surface area (Å²) in [5, 5.41) is 6.84. The zero-order chi connectivity index (χ0) is 15.5. The number of nitrogens with two attached hydrogens (primary N) is 1. The van der Waals surface area contributed by atoms with Crippen molar-refractivity contribution in [1.29, 1.82) is 0 Å². The molecule has 2 rings (SSSR count). The minimum absolute atomic E-state index is 0.114. The molecule has 21 heavy (non-hydrogen) atoms. The van der Waals surface area contributed by atoms with Gasteiger partial charge in [-0.05, 0) is 13.1 Å². The van der Waals surface area contributed by atoms with E-state index in [9.17, 15) is 8.78 Å². The molecule has 2 aromatic rings. The third-order valence-electron chi connectivity index (χ3n) is 3.11. The Morgan fingerprint density at radius 1 is 1.48 bits per heavy atom. The van der Waals surface area contributed by atoms with Gasteiger partial charge in [0.15, 0.2) is 0 Å². The van der Waals surface area contributed by atoms with Gasteiger partial charge in [-0.15, -0.1) is 0 Å². The molecule has 2 heterocycles. The molecule has 0 bridgehead atoms. The fraction of sp³-hybridized carbons (Fsp3) is 0.385. The Hall–Kier alpha value is -1.43. The van der Waals surface area contributed by atoms with Crippen molar-refractivity contribution in [2.24, 2.45) is 5.73 Å². The lowest BCUT2D eigenvalue weighted by Crippen LogP contribution is -2.25. The third-order valence-corrected chi connectivity index (χ3v) is 3.42. The first-order chi connectivity index (χ1) is 9.93. The maximum atomic E-state index is 13.7. The number of hydrogen-bond acceptors (Lipinski definition) is 4. The van der Waals surface area contributed by atoms with Crippen LogP contribution in [0, 0.1) is 0 Å². The maximum absolute atomic E-state index is 13.7. The summed E-state index contributed by atoms with van der Waals surface area (Å²) < 4.78 is 27.4. The van der Waals surface area contributed by atoms with Crippen molar-refractivity contribution in [2.75, 3.05) is 20.1 Å². The predicted octanol–water partition coefficient (Wildman–Crippen LogP) is 1.79. The van der Waals surface area contributed by atoms with E-state index in [1.54, 1.807) is 15.4 Å². The number of H-pyrrole nitrogens is 1. The van der Waals surface area contributed by atoms with Crippen LogP contribution in [-0.4, -0.2) is 40.2 Å². The maximum Gasteiger partial charge on any atom is 0.284 e. The SMILES string of the molecule is CN(CCN)Cc1c[nH]nc1-c1cnccc1C(F)(F)P. The summed E-state index contributed by atoms with van der Waals surface area (Å²) in [7, 11) is 3.47. The van der Waals surface area contributed by atoms with Crippen LogP contribution in [0.4, 0.5) is 8.78 Å². The Bertz CT molecular complexity index is 596. The third kappa shape index (κ3) is 3.81. The predicted molar refractivity (Wildman–Crippen MR) is 80.8 cm³/mol. The molecule has 1 unspecified atom stereocenters. The number of nitrogens with zero attached hydrogens (tertiary/aromatic N) is 3. The first kappa shape index (κ1) is 15.9. The van der Waals surface area contributed by atoms with Crippen LogP contribution in [0.15, 0.2) is 24.7 Å².